The number of hydrogen-bond donors (Lipinski definition) is 0. The molecule has 12 rings (SSSR count). The predicted molar refractivity (Wildman–Crippen MR) is 234 cm³/mol. The fraction of sp³-hybridized carbons (Fsp3) is 0.0385. The molecule has 258 valence electrons. The summed E-state index contributed by atoms with van der Waals surface area (Å²) in [5.74, 6) is 0.383. The van der Waals surface area contributed by atoms with Crippen LogP contribution in [0.5, 0.6) is 0 Å². The second-order valence-corrected chi connectivity index (χ2v) is 16.0. The second-order valence-electron chi connectivity index (χ2n) is 14.8. The molecule has 8 aromatic carbocycles. The molecule has 9 aromatic rings. The van der Waals surface area contributed by atoms with Gasteiger partial charge in [0.25, 0.3) is 0 Å². The minimum atomic E-state index is 0.383. The maximum atomic E-state index is 2.49. The van der Waals surface area contributed by atoms with Crippen molar-refractivity contribution in [3.63, 3.8) is 0 Å². The van der Waals surface area contributed by atoms with Gasteiger partial charge in [-0.3, -0.25) is 0 Å². The van der Waals surface area contributed by atoms with Gasteiger partial charge in [0.15, 0.2) is 0 Å². The molecule has 2 atom stereocenters. The molecule has 1 aromatic heterocycles. The van der Waals surface area contributed by atoms with E-state index in [1.165, 1.54) is 82.1 Å². The highest BCUT2D eigenvalue weighted by Gasteiger charge is 2.32. The summed E-state index contributed by atoms with van der Waals surface area (Å²) in [6.07, 6.45) is 9.11. The first-order valence-corrected chi connectivity index (χ1v) is 20.0. The topological polar surface area (TPSA) is 8.17 Å². The molecule has 0 radical (unpaired) electrons. The Kier molecular flexibility index (Phi) is 6.72. The Morgan fingerprint density at radius 3 is 1.98 bits per heavy atom. The maximum Gasteiger partial charge on any atom is 0.0548 e. The Labute approximate surface area is 324 Å². The SMILES string of the molecule is C1=CC2Sc3ccc(N(c4ccc(-c5ccccc5)cc4)c4cccc(-n5c6cccc7c6c6c8c(cccc8ccc65)-c5ccccc5-7)c4)cc3C2C=C1. The Morgan fingerprint density at radius 2 is 1.13 bits per heavy atom. The van der Waals surface area contributed by atoms with Gasteiger partial charge in [0.1, 0.15) is 0 Å². The molecule has 0 N–H and O–H groups in total. The standard InChI is InChI=1S/C52H34N2S/c1-2-11-33(12-3-1)34-23-26-36(27-24-34)53(39-28-30-49-45(32-39)42-18-6-7-22-48(42)55-49)37-14-9-15-38(31-37)54-46-21-10-20-44-41-17-5-4-16-40(41)43-19-8-13-35-25-29-47(54)52(50(35)43)51(44)46/h1-32,42,48H. The summed E-state index contributed by atoms with van der Waals surface area (Å²) in [6.45, 7) is 0. The van der Waals surface area contributed by atoms with Crippen LogP contribution in [0.15, 0.2) is 199 Å². The van der Waals surface area contributed by atoms with Crippen molar-refractivity contribution in [1.29, 1.82) is 0 Å². The highest BCUT2D eigenvalue weighted by molar-refractivity contribution is 8.00. The minimum Gasteiger partial charge on any atom is -0.310 e. The van der Waals surface area contributed by atoms with Crippen molar-refractivity contribution in [1.82, 2.24) is 4.57 Å². The third-order valence-electron chi connectivity index (χ3n) is 11.8. The highest BCUT2D eigenvalue weighted by Crippen LogP contribution is 2.52. The van der Waals surface area contributed by atoms with Crippen molar-refractivity contribution >= 4 is 61.4 Å². The minimum absolute atomic E-state index is 0.383. The van der Waals surface area contributed by atoms with Crippen LogP contribution in [-0.2, 0) is 0 Å². The van der Waals surface area contributed by atoms with Gasteiger partial charge in [0.05, 0.1) is 11.0 Å². The first kappa shape index (κ1) is 30.9. The van der Waals surface area contributed by atoms with E-state index in [0.717, 1.165) is 17.1 Å². The number of thioether (sulfide) groups is 1. The summed E-state index contributed by atoms with van der Waals surface area (Å²) < 4.78 is 2.49. The van der Waals surface area contributed by atoms with Crippen molar-refractivity contribution in [2.45, 2.75) is 16.1 Å². The number of anilines is 3. The third-order valence-corrected chi connectivity index (χ3v) is 13.2. The Morgan fingerprint density at radius 1 is 0.455 bits per heavy atom. The van der Waals surface area contributed by atoms with E-state index in [-0.39, 0.29) is 0 Å². The van der Waals surface area contributed by atoms with Gasteiger partial charge in [-0.25, -0.2) is 0 Å². The molecule has 2 heterocycles. The summed E-state index contributed by atoms with van der Waals surface area (Å²) in [6, 6.07) is 63.0. The average Bonchev–Trinajstić information content (AvgIpc) is 3.76. The van der Waals surface area contributed by atoms with Gasteiger partial charge < -0.3 is 9.47 Å². The number of benzene rings is 8. The average molecular weight is 719 g/mol. The fourth-order valence-electron chi connectivity index (χ4n) is 9.43. The van der Waals surface area contributed by atoms with Crippen molar-refractivity contribution in [2.24, 2.45) is 0 Å². The lowest BCUT2D eigenvalue weighted by Gasteiger charge is -2.27. The maximum absolute atomic E-state index is 2.49. The Hall–Kier alpha value is -6.55. The van der Waals surface area contributed by atoms with E-state index >= 15 is 0 Å². The van der Waals surface area contributed by atoms with Crippen LogP contribution in [0.25, 0.3) is 71.6 Å². The van der Waals surface area contributed by atoms with E-state index in [4.69, 9.17) is 0 Å². The molecule has 0 bridgehead atoms. The lowest BCUT2D eigenvalue weighted by atomic mass is 9.92. The zero-order chi connectivity index (χ0) is 36.0. The van der Waals surface area contributed by atoms with E-state index in [1.54, 1.807) is 0 Å². The summed E-state index contributed by atoms with van der Waals surface area (Å²) in [5.41, 5.74) is 16.0. The predicted octanol–water partition coefficient (Wildman–Crippen LogP) is 14.4. The van der Waals surface area contributed by atoms with Crippen LogP contribution in [0.4, 0.5) is 17.1 Å². The van der Waals surface area contributed by atoms with Gasteiger partial charge in [-0.05, 0) is 110 Å². The third kappa shape index (κ3) is 4.63. The van der Waals surface area contributed by atoms with Crippen LogP contribution in [0, 0.1) is 0 Å². The number of rotatable bonds is 5. The lowest BCUT2D eigenvalue weighted by Crippen LogP contribution is -2.12. The molecule has 2 unspecified atom stereocenters. The Balaban J connectivity index is 1.07. The van der Waals surface area contributed by atoms with Crippen LogP contribution in [-0.4, -0.2) is 9.82 Å². The van der Waals surface area contributed by atoms with Gasteiger partial charge >= 0.3 is 0 Å². The molecule has 2 aliphatic carbocycles. The lowest BCUT2D eigenvalue weighted by molar-refractivity contribution is 0.880. The molecular weight excluding hydrogens is 685 g/mol. The zero-order valence-corrected chi connectivity index (χ0v) is 30.7. The van der Waals surface area contributed by atoms with Crippen molar-refractivity contribution in [3.05, 3.63) is 200 Å². The molecule has 0 amide bonds. The Bertz CT molecular complexity index is 3080. The van der Waals surface area contributed by atoms with Crippen molar-refractivity contribution in [2.75, 3.05) is 4.90 Å². The normalized spacial score (nSPS) is 16.1. The number of nitrogens with zero attached hydrogens (tertiary/aromatic N) is 2. The summed E-state index contributed by atoms with van der Waals surface area (Å²) in [5, 5.41) is 5.70. The molecule has 0 spiro atoms. The van der Waals surface area contributed by atoms with Crippen LogP contribution in [0.1, 0.15) is 11.5 Å². The summed E-state index contributed by atoms with van der Waals surface area (Å²) >= 11 is 1.98. The van der Waals surface area contributed by atoms with Crippen LogP contribution < -0.4 is 4.90 Å². The van der Waals surface area contributed by atoms with E-state index in [9.17, 15) is 0 Å². The van der Waals surface area contributed by atoms with E-state index in [2.05, 4.69) is 204 Å². The summed E-state index contributed by atoms with van der Waals surface area (Å²) in [7, 11) is 0. The van der Waals surface area contributed by atoms with Gasteiger partial charge in [-0.1, -0.05) is 133 Å². The van der Waals surface area contributed by atoms with Crippen LogP contribution >= 0.6 is 11.8 Å². The van der Waals surface area contributed by atoms with E-state index < -0.39 is 0 Å². The molecule has 0 fully saturated rings. The number of fused-ring (bicyclic) bond motifs is 6. The van der Waals surface area contributed by atoms with Crippen molar-refractivity contribution in [3.8, 4) is 39.1 Å². The molecule has 0 saturated carbocycles. The first-order valence-electron chi connectivity index (χ1n) is 19.1. The number of allylic oxidation sites excluding steroid dienone is 3. The van der Waals surface area contributed by atoms with E-state index in [1.807, 2.05) is 11.8 Å². The quantitative estimate of drug-likeness (QED) is 0.175. The van der Waals surface area contributed by atoms with E-state index in [0.29, 0.717) is 11.2 Å². The highest BCUT2D eigenvalue weighted by atomic mass is 32.2. The number of aromatic nitrogens is 1. The van der Waals surface area contributed by atoms with Crippen LogP contribution in [0.3, 0.4) is 0 Å². The molecule has 0 saturated heterocycles. The van der Waals surface area contributed by atoms with Gasteiger partial charge in [-0.2, -0.15) is 0 Å². The number of hydrogen-bond acceptors (Lipinski definition) is 2. The molecule has 3 heteroatoms. The monoisotopic (exact) mass is 718 g/mol. The molecular formula is C52H34N2S. The van der Waals surface area contributed by atoms with Gasteiger partial charge in [0, 0.05) is 49.6 Å². The molecule has 3 aliphatic rings. The fourth-order valence-corrected chi connectivity index (χ4v) is 10.8. The van der Waals surface area contributed by atoms with Gasteiger partial charge in [-0.15, -0.1) is 11.8 Å². The molecule has 55 heavy (non-hydrogen) atoms. The molecule has 1 aliphatic heterocycles. The van der Waals surface area contributed by atoms with Crippen LogP contribution in [0.2, 0.25) is 0 Å². The van der Waals surface area contributed by atoms with Crippen molar-refractivity contribution < 1.29 is 0 Å². The zero-order valence-electron chi connectivity index (χ0n) is 29.9. The smallest absolute Gasteiger partial charge is 0.0548 e. The summed E-state index contributed by atoms with van der Waals surface area (Å²) in [4.78, 5) is 3.81. The largest absolute Gasteiger partial charge is 0.310 e. The first-order chi connectivity index (χ1) is 27.3. The van der Waals surface area contributed by atoms with Gasteiger partial charge in [0.2, 0.25) is 0 Å². The second kappa shape index (κ2) is 12.0. The molecule has 2 nitrogen and oxygen atoms in total.